The highest BCUT2D eigenvalue weighted by Crippen LogP contribution is 2.09. The van der Waals surface area contributed by atoms with E-state index in [1.54, 1.807) is 0 Å². The van der Waals surface area contributed by atoms with E-state index in [9.17, 15) is 0 Å². The molecular formula is C14H28N3. The van der Waals surface area contributed by atoms with Gasteiger partial charge in [-0.15, -0.1) is 0 Å². The number of unbranched alkanes of at least 4 members (excludes halogenated alkanes) is 1. The quantitative estimate of drug-likeness (QED) is 0.669. The van der Waals surface area contributed by atoms with Crippen molar-refractivity contribution in [1.82, 2.24) is 14.7 Å². The molecule has 0 aliphatic carbocycles. The van der Waals surface area contributed by atoms with Crippen LogP contribution in [-0.4, -0.2) is 74.1 Å². The van der Waals surface area contributed by atoms with Gasteiger partial charge in [0.15, 0.2) is 0 Å². The fourth-order valence-corrected chi connectivity index (χ4v) is 2.76. The first kappa shape index (κ1) is 13.3. The predicted octanol–water partition coefficient (Wildman–Crippen LogP) is 1.31. The molecule has 0 saturated carbocycles. The van der Waals surface area contributed by atoms with Gasteiger partial charge in [0.2, 0.25) is 0 Å². The summed E-state index contributed by atoms with van der Waals surface area (Å²) in [6.45, 7) is 10.1. The molecule has 0 aromatic heterocycles. The third kappa shape index (κ3) is 4.94. The summed E-state index contributed by atoms with van der Waals surface area (Å²) >= 11 is 0. The van der Waals surface area contributed by atoms with Crippen molar-refractivity contribution in [2.45, 2.75) is 25.7 Å². The smallest absolute Gasteiger partial charge is 0.0110 e. The Balaban J connectivity index is 1.48. The van der Waals surface area contributed by atoms with Gasteiger partial charge >= 0.3 is 0 Å². The zero-order valence-electron chi connectivity index (χ0n) is 11.4. The number of hydrogen-bond acceptors (Lipinski definition) is 3. The van der Waals surface area contributed by atoms with Gasteiger partial charge in [0.1, 0.15) is 0 Å². The van der Waals surface area contributed by atoms with Crippen molar-refractivity contribution >= 4 is 0 Å². The van der Waals surface area contributed by atoms with E-state index in [-0.39, 0.29) is 0 Å². The summed E-state index contributed by atoms with van der Waals surface area (Å²) in [6, 6.07) is 0. The van der Waals surface area contributed by atoms with Crippen LogP contribution in [0.4, 0.5) is 0 Å². The number of piperazine rings is 1. The molecular weight excluding hydrogens is 210 g/mol. The van der Waals surface area contributed by atoms with Gasteiger partial charge in [-0.1, -0.05) is 6.42 Å². The number of likely N-dealkylation sites (N-methyl/N-ethyl adjacent to an activating group) is 1. The first-order valence-electron chi connectivity index (χ1n) is 7.29. The SMILES string of the molecule is CN1CCN(C[CH]CCN2CCCCC2)CC1. The number of likely N-dealkylation sites (tertiary alicyclic amines) is 1. The first-order valence-corrected chi connectivity index (χ1v) is 7.29. The van der Waals surface area contributed by atoms with Gasteiger partial charge in [-0.25, -0.2) is 0 Å². The molecule has 3 heteroatoms. The average molecular weight is 238 g/mol. The van der Waals surface area contributed by atoms with E-state index in [0.29, 0.717) is 0 Å². The van der Waals surface area contributed by atoms with E-state index in [1.807, 2.05) is 0 Å². The van der Waals surface area contributed by atoms with Crippen LogP contribution >= 0.6 is 0 Å². The van der Waals surface area contributed by atoms with Crippen LogP contribution in [0.2, 0.25) is 0 Å². The summed E-state index contributed by atoms with van der Waals surface area (Å²) < 4.78 is 0. The Kier molecular flexibility index (Phi) is 5.75. The van der Waals surface area contributed by atoms with Crippen molar-refractivity contribution in [3.05, 3.63) is 6.42 Å². The molecule has 1 radical (unpaired) electrons. The Bertz CT molecular complexity index is 194. The molecule has 2 fully saturated rings. The van der Waals surface area contributed by atoms with Crippen LogP contribution in [0.3, 0.4) is 0 Å². The van der Waals surface area contributed by atoms with Crippen LogP contribution in [-0.2, 0) is 0 Å². The molecule has 2 aliphatic heterocycles. The maximum absolute atomic E-state index is 2.63. The van der Waals surface area contributed by atoms with Crippen molar-refractivity contribution in [2.75, 3.05) is 59.4 Å². The Morgan fingerprint density at radius 2 is 1.53 bits per heavy atom. The van der Waals surface area contributed by atoms with Crippen molar-refractivity contribution in [1.29, 1.82) is 0 Å². The second kappa shape index (κ2) is 7.34. The highest BCUT2D eigenvalue weighted by atomic mass is 15.2. The second-order valence-electron chi connectivity index (χ2n) is 5.58. The monoisotopic (exact) mass is 238 g/mol. The zero-order valence-corrected chi connectivity index (χ0v) is 11.4. The normalized spacial score (nSPS) is 25.2. The minimum Gasteiger partial charge on any atom is -0.304 e. The largest absolute Gasteiger partial charge is 0.304 e. The molecule has 3 nitrogen and oxygen atoms in total. The van der Waals surface area contributed by atoms with Gasteiger partial charge < -0.3 is 14.7 Å². The average Bonchev–Trinajstić information content (AvgIpc) is 2.38. The Morgan fingerprint density at radius 1 is 0.824 bits per heavy atom. The molecule has 0 unspecified atom stereocenters. The van der Waals surface area contributed by atoms with E-state index >= 15 is 0 Å². The highest BCUT2D eigenvalue weighted by molar-refractivity contribution is 4.77. The highest BCUT2D eigenvalue weighted by Gasteiger charge is 2.13. The number of rotatable bonds is 5. The molecule has 0 bridgehead atoms. The summed E-state index contributed by atoms with van der Waals surface area (Å²) in [7, 11) is 2.22. The summed E-state index contributed by atoms with van der Waals surface area (Å²) in [5.74, 6) is 0. The lowest BCUT2D eigenvalue weighted by molar-refractivity contribution is 0.160. The maximum Gasteiger partial charge on any atom is 0.0110 e. The third-order valence-corrected chi connectivity index (χ3v) is 4.08. The molecule has 99 valence electrons. The molecule has 2 rings (SSSR count). The third-order valence-electron chi connectivity index (χ3n) is 4.08. The van der Waals surface area contributed by atoms with E-state index in [0.717, 1.165) is 0 Å². The van der Waals surface area contributed by atoms with E-state index in [2.05, 4.69) is 28.2 Å². The minimum absolute atomic E-state index is 1.20. The molecule has 0 aromatic rings. The summed E-state index contributed by atoms with van der Waals surface area (Å²) in [4.78, 5) is 7.63. The molecule has 2 saturated heterocycles. The van der Waals surface area contributed by atoms with Gasteiger partial charge in [0, 0.05) is 32.7 Å². The van der Waals surface area contributed by atoms with Gasteiger partial charge in [0.25, 0.3) is 0 Å². The van der Waals surface area contributed by atoms with Crippen LogP contribution in [0, 0.1) is 6.42 Å². The standard InChI is InChI=1S/C14H28N3/c1-15-11-13-17(14-12-15)10-6-5-9-16-7-3-2-4-8-16/h6H,2-5,7-14H2,1H3. The van der Waals surface area contributed by atoms with Gasteiger partial charge in [-0.2, -0.15) is 0 Å². The van der Waals surface area contributed by atoms with E-state index < -0.39 is 0 Å². The fourth-order valence-electron chi connectivity index (χ4n) is 2.76. The number of hydrogen-bond donors (Lipinski definition) is 0. The lowest BCUT2D eigenvalue weighted by Gasteiger charge is -2.32. The molecule has 0 amide bonds. The molecule has 0 N–H and O–H groups in total. The first-order chi connectivity index (χ1) is 8.34. The van der Waals surface area contributed by atoms with Crippen LogP contribution in [0.1, 0.15) is 25.7 Å². The number of piperidine rings is 1. The van der Waals surface area contributed by atoms with Gasteiger partial charge in [0.05, 0.1) is 0 Å². The molecule has 0 aromatic carbocycles. The van der Waals surface area contributed by atoms with Gasteiger partial charge in [-0.05, 0) is 52.4 Å². The molecule has 0 spiro atoms. The topological polar surface area (TPSA) is 9.72 Å². The van der Waals surface area contributed by atoms with Crippen LogP contribution in [0.5, 0.6) is 0 Å². The molecule has 2 heterocycles. The van der Waals surface area contributed by atoms with Crippen molar-refractivity contribution in [3.8, 4) is 0 Å². The summed E-state index contributed by atoms with van der Waals surface area (Å²) in [5, 5.41) is 0. The Hall–Kier alpha value is -0.120. The Morgan fingerprint density at radius 3 is 2.24 bits per heavy atom. The van der Waals surface area contributed by atoms with Crippen molar-refractivity contribution in [3.63, 3.8) is 0 Å². The van der Waals surface area contributed by atoms with Crippen LogP contribution in [0.25, 0.3) is 0 Å². The minimum atomic E-state index is 1.20. The Labute approximate surface area is 107 Å². The summed E-state index contributed by atoms with van der Waals surface area (Å²) in [6.07, 6.45) is 8.03. The predicted molar refractivity (Wildman–Crippen MR) is 73.1 cm³/mol. The second-order valence-corrected chi connectivity index (χ2v) is 5.58. The van der Waals surface area contributed by atoms with Crippen molar-refractivity contribution < 1.29 is 0 Å². The lowest BCUT2D eigenvalue weighted by Crippen LogP contribution is -2.44. The van der Waals surface area contributed by atoms with Crippen LogP contribution < -0.4 is 0 Å². The fraction of sp³-hybridized carbons (Fsp3) is 0.929. The zero-order chi connectivity index (χ0) is 11.9. The molecule has 0 atom stereocenters. The molecule has 17 heavy (non-hydrogen) atoms. The maximum atomic E-state index is 2.63. The summed E-state index contributed by atoms with van der Waals surface area (Å²) in [5.41, 5.74) is 0. The van der Waals surface area contributed by atoms with Gasteiger partial charge in [-0.3, -0.25) is 0 Å². The molecule has 2 aliphatic rings. The van der Waals surface area contributed by atoms with E-state index in [4.69, 9.17) is 0 Å². The van der Waals surface area contributed by atoms with E-state index in [1.165, 1.54) is 78.0 Å². The number of nitrogens with zero attached hydrogens (tertiary/aromatic N) is 3. The van der Waals surface area contributed by atoms with Crippen LogP contribution in [0.15, 0.2) is 0 Å². The van der Waals surface area contributed by atoms with Crippen molar-refractivity contribution in [2.24, 2.45) is 0 Å². The lowest BCUT2D eigenvalue weighted by atomic mass is 10.1.